The molecule has 0 aliphatic rings. The highest BCUT2D eigenvalue weighted by Gasteiger charge is 2.16. The van der Waals surface area contributed by atoms with Crippen molar-refractivity contribution in [1.29, 1.82) is 0 Å². The van der Waals surface area contributed by atoms with Gasteiger partial charge in [0.2, 0.25) is 0 Å². The first-order chi connectivity index (χ1) is 8.88. The maximum atomic E-state index is 5.46. The lowest BCUT2D eigenvalue weighted by Crippen LogP contribution is -2.23. The molecule has 0 aliphatic carbocycles. The first-order valence-corrected chi connectivity index (χ1v) is 6.73. The molecule has 0 atom stereocenters. The lowest BCUT2D eigenvalue weighted by molar-refractivity contribution is 0.0826. The van der Waals surface area contributed by atoms with E-state index >= 15 is 0 Å². The van der Waals surface area contributed by atoms with Gasteiger partial charge in [-0.3, -0.25) is 4.90 Å². The highest BCUT2D eigenvalue weighted by molar-refractivity contribution is 5.39. The Labute approximate surface area is 117 Å². The van der Waals surface area contributed by atoms with E-state index in [0.29, 0.717) is 6.73 Å². The Kier molecular flexibility index (Phi) is 5.83. The number of likely N-dealkylation sites (N-methyl/N-ethyl adjacent to an activating group) is 1. The average molecular weight is 265 g/mol. The molecule has 0 fully saturated rings. The van der Waals surface area contributed by atoms with E-state index in [1.165, 1.54) is 11.1 Å². The monoisotopic (exact) mass is 265 g/mol. The number of hydrogen-bond acceptors (Lipinski definition) is 3. The van der Waals surface area contributed by atoms with Crippen LogP contribution in [0.3, 0.4) is 0 Å². The van der Waals surface area contributed by atoms with Crippen LogP contribution in [0.5, 0.6) is 5.75 Å². The molecule has 19 heavy (non-hydrogen) atoms. The lowest BCUT2D eigenvalue weighted by atomic mass is 9.85. The standard InChI is InChI=1S/C16H27NO2/c1-16(2,3)14-7-8-15(19-6)13(11-14)9-10-17(4)12-18-5/h7-8,11H,9-10,12H2,1-6H3. The predicted molar refractivity (Wildman–Crippen MR) is 79.9 cm³/mol. The van der Waals surface area contributed by atoms with Crippen LogP contribution >= 0.6 is 0 Å². The Morgan fingerprint density at radius 3 is 2.37 bits per heavy atom. The quantitative estimate of drug-likeness (QED) is 0.738. The third-order valence-corrected chi connectivity index (χ3v) is 3.26. The fraction of sp³-hybridized carbons (Fsp3) is 0.625. The van der Waals surface area contributed by atoms with Crippen molar-refractivity contribution in [2.45, 2.75) is 32.6 Å². The van der Waals surface area contributed by atoms with Gasteiger partial charge < -0.3 is 9.47 Å². The Morgan fingerprint density at radius 1 is 1.16 bits per heavy atom. The van der Waals surface area contributed by atoms with Crippen molar-refractivity contribution in [3.05, 3.63) is 29.3 Å². The second kappa shape index (κ2) is 6.92. The maximum Gasteiger partial charge on any atom is 0.122 e. The van der Waals surface area contributed by atoms with Crippen LogP contribution in [-0.4, -0.2) is 39.4 Å². The SMILES string of the molecule is COCN(C)CCc1cc(C(C)(C)C)ccc1OC. The van der Waals surface area contributed by atoms with E-state index in [9.17, 15) is 0 Å². The molecule has 1 rings (SSSR count). The number of methoxy groups -OCH3 is 2. The molecule has 0 saturated heterocycles. The Hall–Kier alpha value is -1.06. The van der Waals surface area contributed by atoms with Gasteiger partial charge in [-0.2, -0.15) is 0 Å². The molecule has 0 amide bonds. The minimum atomic E-state index is 0.166. The van der Waals surface area contributed by atoms with Gasteiger partial charge in [-0.15, -0.1) is 0 Å². The number of rotatable bonds is 6. The summed E-state index contributed by atoms with van der Waals surface area (Å²) in [6, 6.07) is 6.49. The molecule has 0 aromatic heterocycles. The minimum Gasteiger partial charge on any atom is -0.496 e. The van der Waals surface area contributed by atoms with E-state index < -0.39 is 0 Å². The first-order valence-electron chi connectivity index (χ1n) is 6.73. The normalized spacial score (nSPS) is 11.9. The summed E-state index contributed by atoms with van der Waals surface area (Å²) in [4.78, 5) is 2.16. The number of benzene rings is 1. The summed E-state index contributed by atoms with van der Waals surface area (Å²) in [6.45, 7) is 8.31. The topological polar surface area (TPSA) is 21.7 Å². The Balaban J connectivity index is 2.84. The van der Waals surface area contributed by atoms with E-state index in [1.54, 1.807) is 14.2 Å². The fourth-order valence-electron chi connectivity index (χ4n) is 2.04. The zero-order valence-electron chi connectivity index (χ0n) is 13.1. The highest BCUT2D eigenvalue weighted by atomic mass is 16.5. The molecule has 1 aromatic carbocycles. The van der Waals surface area contributed by atoms with Crippen molar-refractivity contribution in [2.24, 2.45) is 0 Å². The fourth-order valence-corrected chi connectivity index (χ4v) is 2.04. The number of ether oxygens (including phenoxy) is 2. The van der Waals surface area contributed by atoms with Crippen molar-refractivity contribution < 1.29 is 9.47 Å². The summed E-state index contributed by atoms with van der Waals surface area (Å²) in [6.07, 6.45) is 0.965. The summed E-state index contributed by atoms with van der Waals surface area (Å²) in [5.41, 5.74) is 2.77. The van der Waals surface area contributed by atoms with E-state index in [1.807, 2.05) is 0 Å². The van der Waals surface area contributed by atoms with Gasteiger partial charge in [-0.25, -0.2) is 0 Å². The molecule has 0 saturated carbocycles. The molecule has 0 heterocycles. The molecule has 0 unspecified atom stereocenters. The van der Waals surface area contributed by atoms with Gasteiger partial charge >= 0.3 is 0 Å². The summed E-state index contributed by atoms with van der Waals surface area (Å²) in [7, 11) is 5.51. The van der Waals surface area contributed by atoms with Gasteiger partial charge in [0.25, 0.3) is 0 Å². The third-order valence-electron chi connectivity index (χ3n) is 3.26. The molecular formula is C16H27NO2. The number of nitrogens with zero attached hydrogens (tertiary/aromatic N) is 1. The molecular weight excluding hydrogens is 238 g/mol. The van der Waals surface area contributed by atoms with Crippen LogP contribution in [-0.2, 0) is 16.6 Å². The Bertz CT molecular complexity index is 396. The molecule has 3 nitrogen and oxygen atoms in total. The molecule has 0 aliphatic heterocycles. The zero-order valence-corrected chi connectivity index (χ0v) is 13.1. The second-order valence-corrected chi connectivity index (χ2v) is 6.02. The Morgan fingerprint density at radius 2 is 1.84 bits per heavy atom. The summed E-state index contributed by atoms with van der Waals surface area (Å²) in [5, 5.41) is 0. The van der Waals surface area contributed by atoms with Gasteiger partial charge in [0.15, 0.2) is 0 Å². The van der Waals surface area contributed by atoms with Crippen LogP contribution in [0, 0.1) is 0 Å². The largest absolute Gasteiger partial charge is 0.496 e. The highest BCUT2D eigenvalue weighted by Crippen LogP contribution is 2.28. The molecule has 0 radical (unpaired) electrons. The minimum absolute atomic E-state index is 0.166. The number of hydrogen-bond donors (Lipinski definition) is 0. The second-order valence-electron chi connectivity index (χ2n) is 6.02. The van der Waals surface area contributed by atoms with Gasteiger partial charge in [-0.1, -0.05) is 32.9 Å². The lowest BCUT2D eigenvalue weighted by Gasteiger charge is -2.22. The van der Waals surface area contributed by atoms with Crippen LogP contribution < -0.4 is 4.74 Å². The molecule has 1 aromatic rings. The van der Waals surface area contributed by atoms with Crippen LogP contribution in [0.15, 0.2) is 18.2 Å². The predicted octanol–water partition coefficient (Wildman–Crippen LogP) is 3.07. The zero-order chi connectivity index (χ0) is 14.5. The summed E-state index contributed by atoms with van der Waals surface area (Å²) >= 11 is 0. The van der Waals surface area contributed by atoms with Crippen LogP contribution in [0.4, 0.5) is 0 Å². The van der Waals surface area contributed by atoms with Crippen LogP contribution in [0.25, 0.3) is 0 Å². The van der Waals surface area contributed by atoms with Crippen molar-refractivity contribution >= 4 is 0 Å². The third kappa shape index (κ3) is 4.84. The maximum absolute atomic E-state index is 5.46. The molecule has 0 spiro atoms. The van der Waals surface area contributed by atoms with E-state index in [4.69, 9.17) is 9.47 Å². The van der Waals surface area contributed by atoms with Crippen molar-refractivity contribution in [1.82, 2.24) is 4.90 Å². The molecule has 0 N–H and O–H groups in total. The van der Waals surface area contributed by atoms with Gasteiger partial charge in [0.05, 0.1) is 13.8 Å². The van der Waals surface area contributed by atoms with Crippen LogP contribution in [0.2, 0.25) is 0 Å². The first kappa shape index (κ1) is 16.0. The van der Waals surface area contributed by atoms with E-state index in [0.717, 1.165) is 18.7 Å². The van der Waals surface area contributed by atoms with E-state index in [-0.39, 0.29) is 5.41 Å². The van der Waals surface area contributed by atoms with Gasteiger partial charge in [-0.05, 0) is 36.1 Å². The average Bonchev–Trinajstić information content (AvgIpc) is 2.35. The van der Waals surface area contributed by atoms with Crippen molar-refractivity contribution in [3.63, 3.8) is 0 Å². The van der Waals surface area contributed by atoms with Crippen molar-refractivity contribution in [2.75, 3.05) is 34.5 Å². The van der Waals surface area contributed by atoms with Crippen LogP contribution in [0.1, 0.15) is 31.9 Å². The molecule has 0 bridgehead atoms. The van der Waals surface area contributed by atoms with E-state index in [2.05, 4.69) is 50.9 Å². The smallest absolute Gasteiger partial charge is 0.122 e. The summed E-state index contributed by atoms with van der Waals surface area (Å²) in [5.74, 6) is 0.971. The van der Waals surface area contributed by atoms with Crippen molar-refractivity contribution in [3.8, 4) is 5.75 Å². The molecule has 108 valence electrons. The van der Waals surface area contributed by atoms with Gasteiger partial charge in [0.1, 0.15) is 5.75 Å². The summed E-state index contributed by atoms with van der Waals surface area (Å²) < 4.78 is 10.6. The van der Waals surface area contributed by atoms with Gasteiger partial charge in [0, 0.05) is 13.7 Å². The molecule has 3 heteroatoms.